The SMILES string of the molecule is COc1cc(C(=O)Oc2ccc(C=CC(=O)CC(c3ccc(N)cc3N)C(O)(O)C(=O)C=Cc3ccc(OC(=O)c4ccc(OCCCCC(F)(F)F)c(OC)c4)cc3)cc2)ccc1OCCCCC(F)(F)F. The Morgan fingerprint density at radius 2 is 1.03 bits per heavy atom. The van der Waals surface area contributed by atoms with E-state index in [4.69, 9.17) is 39.9 Å². The highest BCUT2D eigenvalue weighted by atomic mass is 19.4. The maximum absolute atomic E-state index is 13.5. The van der Waals surface area contributed by atoms with E-state index < -0.39 is 66.8 Å². The van der Waals surface area contributed by atoms with Gasteiger partial charge in [0.05, 0.1) is 44.5 Å². The van der Waals surface area contributed by atoms with Crippen molar-refractivity contribution in [2.75, 3.05) is 38.9 Å². The summed E-state index contributed by atoms with van der Waals surface area (Å²) in [6.45, 7) is 0.0108. The minimum absolute atomic E-state index is 0.00239. The summed E-state index contributed by atoms with van der Waals surface area (Å²) in [6, 6.07) is 24.3. The Bertz CT molecular complexity index is 2760. The van der Waals surface area contributed by atoms with Gasteiger partial charge >= 0.3 is 24.3 Å². The number of methoxy groups -OCH3 is 2. The second-order valence-electron chi connectivity index (χ2n) is 16.4. The van der Waals surface area contributed by atoms with E-state index in [0.717, 1.165) is 12.2 Å². The van der Waals surface area contributed by atoms with E-state index in [1.165, 1.54) is 117 Å². The van der Waals surface area contributed by atoms with Gasteiger partial charge in [0.15, 0.2) is 28.8 Å². The molecule has 0 aliphatic rings. The number of ketones is 2. The van der Waals surface area contributed by atoms with Gasteiger partial charge < -0.3 is 50.1 Å². The van der Waals surface area contributed by atoms with Crippen LogP contribution in [0.25, 0.3) is 12.2 Å². The molecule has 0 fully saturated rings. The molecular formula is C53H52F6N2O12. The molecule has 0 spiro atoms. The van der Waals surface area contributed by atoms with Gasteiger partial charge in [0.1, 0.15) is 11.5 Å². The van der Waals surface area contributed by atoms with E-state index >= 15 is 0 Å². The van der Waals surface area contributed by atoms with E-state index in [2.05, 4.69) is 0 Å². The van der Waals surface area contributed by atoms with Crippen LogP contribution in [0.4, 0.5) is 37.7 Å². The molecule has 14 nitrogen and oxygen atoms in total. The first kappa shape index (κ1) is 56.1. The van der Waals surface area contributed by atoms with Crippen LogP contribution in [0.3, 0.4) is 0 Å². The highest BCUT2D eigenvalue weighted by Crippen LogP contribution is 2.37. The standard InChI is InChI=1S/C53H52F6N2O12/c1-68-46-29-35(13-22-44(46)70-27-5-3-25-51(54,55)56)49(64)72-39-17-8-33(9-18-39)7-16-38(62)32-42(41-21-15-37(60)31-43(41)61)53(66,67)48(63)24-12-34-10-19-40(20-11-34)73-50(65)36-14-23-45(47(30-36)69-2)71-28-6-4-26-52(57,58)59/h7-24,29-31,42,66-67H,3-6,25-28,32,60-61H2,1-2H3. The van der Waals surface area contributed by atoms with Crippen molar-refractivity contribution in [2.24, 2.45) is 0 Å². The molecule has 0 aromatic heterocycles. The predicted molar refractivity (Wildman–Crippen MR) is 257 cm³/mol. The fourth-order valence-electron chi connectivity index (χ4n) is 6.98. The van der Waals surface area contributed by atoms with Crippen molar-refractivity contribution in [1.29, 1.82) is 0 Å². The number of unbranched alkanes of at least 4 members (excludes halogenated alkanes) is 2. The van der Waals surface area contributed by atoms with Gasteiger partial charge in [-0.3, -0.25) is 9.59 Å². The predicted octanol–water partition coefficient (Wildman–Crippen LogP) is 10.2. The molecule has 0 saturated heterocycles. The lowest BCUT2D eigenvalue weighted by atomic mass is 9.82. The van der Waals surface area contributed by atoms with Gasteiger partial charge in [-0.15, -0.1) is 0 Å². The van der Waals surface area contributed by atoms with E-state index in [-0.39, 0.29) is 101 Å². The van der Waals surface area contributed by atoms with E-state index in [1.807, 2.05) is 0 Å². The maximum atomic E-state index is 13.5. The summed E-state index contributed by atoms with van der Waals surface area (Å²) in [5, 5.41) is 22.8. The Hall–Kier alpha value is -7.84. The molecule has 0 aliphatic carbocycles. The molecule has 20 heteroatoms. The summed E-state index contributed by atoms with van der Waals surface area (Å²) in [7, 11) is 2.67. The van der Waals surface area contributed by atoms with Crippen molar-refractivity contribution in [3.8, 4) is 34.5 Å². The number of allylic oxidation sites excluding steroid dienone is 1. The zero-order valence-corrected chi connectivity index (χ0v) is 39.5. The van der Waals surface area contributed by atoms with Crippen molar-refractivity contribution >= 4 is 47.0 Å². The van der Waals surface area contributed by atoms with Crippen molar-refractivity contribution in [3.05, 3.63) is 143 Å². The molecule has 5 rings (SSSR count). The summed E-state index contributed by atoms with van der Waals surface area (Å²) in [6.07, 6.45) is -6.12. The van der Waals surface area contributed by atoms with Crippen LogP contribution in [0, 0.1) is 0 Å². The first-order valence-electron chi connectivity index (χ1n) is 22.5. The number of carbonyl (C=O) groups excluding carboxylic acids is 4. The average Bonchev–Trinajstić information content (AvgIpc) is 3.34. The molecule has 1 unspecified atom stereocenters. The second kappa shape index (κ2) is 25.5. The van der Waals surface area contributed by atoms with Crippen molar-refractivity contribution in [1.82, 2.24) is 0 Å². The summed E-state index contributed by atoms with van der Waals surface area (Å²) >= 11 is 0. The Kier molecular flexibility index (Phi) is 19.6. The number of alkyl halides is 6. The average molecular weight is 1020 g/mol. The monoisotopic (exact) mass is 1020 g/mol. The van der Waals surface area contributed by atoms with Gasteiger partial charge in [-0.1, -0.05) is 42.5 Å². The maximum Gasteiger partial charge on any atom is 0.389 e. The van der Waals surface area contributed by atoms with Gasteiger partial charge in [-0.2, -0.15) is 26.3 Å². The third-order valence-corrected chi connectivity index (χ3v) is 10.8. The number of hydrogen-bond donors (Lipinski definition) is 4. The minimum Gasteiger partial charge on any atom is -0.493 e. The van der Waals surface area contributed by atoms with E-state index in [1.54, 1.807) is 12.1 Å². The van der Waals surface area contributed by atoms with Crippen LogP contribution < -0.4 is 39.9 Å². The summed E-state index contributed by atoms with van der Waals surface area (Å²) in [4.78, 5) is 52.8. The lowest BCUT2D eigenvalue weighted by Gasteiger charge is -2.30. The smallest absolute Gasteiger partial charge is 0.389 e. The molecule has 5 aromatic carbocycles. The molecule has 0 radical (unpaired) electrons. The minimum atomic E-state index is -4.26. The molecular weight excluding hydrogens is 971 g/mol. The lowest BCUT2D eigenvalue weighted by molar-refractivity contribution is -0.187. The number of carbonyl (C=O) groups is 4. The number of nitrogen functional groups attached to an aromatic ring is 2. The number of rotatable bonds is 25. The quantitative estimate of drug-likeness (QED) is 0.00814. The Labute approximate surface area is 415 Å². The topological polar surface area (TPSA) is 216 Å². The Morgan fingerprint density at radius 3 is 1.45 bits per heavy atom. The molecule has 0 heterocycles. The molecule has 0 aliphatic heterocycles. The molecule has 73 heavy (non-hydrogen) atoms. The van der Waals surface area contributed by atoms with Gasteiger partial charge in [-0.25, -0.2) is 9.59 Å². The zero-order valence-electron chi connectivity index (χ0n) is 39.5. The first-order chi connectivity index (χ1) is 34.5. The number of hydrogen-bond acceptors (Lipinski definition) is 14. The van der Waals surface area contributed by atoms with Gasteiger partial charge in [0.25, 0.3) is 0 Å². The van der Waals surface area contributed by atoms with Crippen LogP contribution >= 0.6 is 0 Å². The molecule has 0 amide bonds. The molecule has 5 aromatic rings. The Balaban J connectivity index is 1.18. The molecule has 0 bridgehead atoms. The van der Waals surface area contributed by atoms with Gasteiger partial charge in [-0.05, 0) is 127 Å². The number of halogens is 6. The fraction of sp³-hybridized carbons (Fsp3) is 0.283. The molecule has 6 N–H and O–H groups in total. The zero-order chi connectivity index (χ0) is 53.3. The van der Waals surface area contributed by atoms with E-state index in [9.17, 15) is 55.7 Å². The van der Waals surface area contributed by atoms with Crippen LogP contribution in [-0.2, 0) is 9.59 Å². The van der Waals surface area contributed by atoms with E-state index in [0.29, 0.717) is 11.1 Å². The first-order valence-corrected chi connectivity index (χ1v) is 22.5. The summed E-state index contributed by atoms with van der Waals surface area (Å²) in [5.41, 5.74) is 13.4. The lowest BCUT2D eigenvalue weighted by Crippen LogP contribution is -2.44. The number of aliphatic hydroxyl groups is 2. The summed E-state index contributed by atoms with van der Waals surface area (Å²) < 4.78 is 107. The molecule has 388 valence electrons. The molecule has 0 saturated carbocycles. The third-order valence-electron chi connectivity index (χ3n) is 10.8. The van der Waals surface area contributed by atoms with Crippen LogP contribution in [0.1, 0.15) is 88.3 Å². The van der Waals surface area contributed by atoms with Crippen LogP contribution in [0.15, 0.2) is 115 Å². The van der Waals surface area contributed by atoms with Gasteiger partial charge in [0, 0.05) is 30.6 Å². The highest BCUT2D eigenvalue weighted by molar-refractivity contribution is 6.01. The van der Waals surface area contributed by atoms with Crippen molar-refractivity contribution in [3.63, 3.8) is 0 Å². The van der Waals surface area contributed by atoms with Gasteiger partial charge in [0.2, 0.25) is 11.6 Å². The largest absolute Gasteiger partial charge is 0.493 e. The fourth-order valence-corrected chi connectivity index (χ4v) is 6.98. The Morgan fingerprint density at radius 1 is 0.575 bits per heavy atom. The van der Waals surface area contributed by atoms with Crippen LogP contribution in [0.2, 0.25) is 0 Å². The number of nitrogens with two attached hydrogens (primary N) is 2. The third kappa shape index (κ3) is 17.5. The van der Waals surface area contributed by atoms with Crippen LogP contribution in [0.5, 0.6) is 34.5 Å². The highest BCUT2D eigenvalue weighted by Gasteiger charge is 2.43. The van der Waals surface area contributed by atoms with Crippen LogP contribution in [-0.4, -0.2) is 79.3 Å². The molecule has 1 atom stereocenters. The number of benzene rings is 5. The number of ether oxygens (including phenoxy) is 6. The van der Waals surface area contributed by atoms with Crippen molar-refractivity contribution < 1.29 is 84.2 Å². The second-order valence-corrected chi connectivity index (χ2v) is 16.4. The normalized spacial score (nSPS) is 12.4. The summed E-state index contributed by atoms with van der Waals surface area (Å²) in [5.74, 6) is -7.07. The number of esters is 2. The number of anilines is 2. The van der Waals surface area contributed by atoms with Crippen molar-refractivity contribution in [2.45, 2.75) is 69.0 Å².